The Morgan fingerprint density at radius 1 is 0.480 bits per heavy atom. The predicted molar refractivity (Wildman–Crippen MR) is 461 cm³/mol. The Labute approximate surface area is 731 Å². The van der Waals surface area contributed by atoms with E-state index in [1.165, 1.54) is 36.2 Å². The van der Waals surface area contributed by atoms with Crippen LogP contribution in [-0.2, 0) is 96.0 Å². The number of H-pyrrole nitrogens is 1. The number of aliphatic hydroxyl groups is 1. The van der Waals surface area contributed by atoms with Gasteiger partial charge < -0.3 is 122 Å². The van der Waals surface area contributed by atoms with Gasteiger partial charge in [-0.1, -0.05) is 102 Å². The number of nitrogens with zero attached hydrogens (tertiary/aromatic N) is 4. The number of likely N-dealkylation sites (tertiary alicyclic amines) is 3. The molecule has 3 aliphatic rings. The number of amides is 15. The quantitative estimate of drug-likeness (QED) is 0.0110. The van der Waals surface area contributed by atoms with E-state index in [0.717, 1.165) is 4.90 Å². The summed E-state index contributed by atoms with van der Waals surface area (Å²) in [4.78, 5) is 235. The van der Waals surface area contributed by atoms with E-state index in [1.54, 1.807) is 88.4 Å². The number of aromatic nitrogens is 2. The molecule has 2 aromatic carbocycles. The Morgan fingerprint density at radius 2 is 0.928 bits per heavy atom. The molecule has 3 aromatic rings. The van der Waals surface area contributed by atoms with E-state index in [4.69, 9.17) is 28.0 Å². The van der Waals surface area contributed by atoms with E-state index in [0.29, 0.717) is 36.1 Å². The molecule has 25 N–H and O–H groups in total. The van der Waals surface area contributed by atoms with Crippen molar-refractivity contribution in [2.45, 2.75) is 242 Å². The van der Waals surface area contributed by atoms with Crippen molar-refractivity contribution in [3.8, 4) is 0 Å². The van der Waals surface area contributed by atoms with Gasteiger partial charge in [0.25, 0.3) is 0 Å². The second-order valence-electron chi connectivity index (χ2n) is 32.7. The number of aliphatic hydroxyl groups excluding tert-OH is 1. The predicted octanol–water partition coefficient (Wildman–Crippen LogP) is -4.49. The fraction of sp³-hybridized carbons (Fsp3) is 0.598. The maximum absolute atomic E-state index is 14.8. The molecule has 688 valence electrons. The fourth-order valence-corrected chi connectivity index (χ4v) is 15.0. The van der Waals surface area contributed by atoms with Crippen LogP contribution in [0.3, 0.4) is 0 Å². The van der Waals surface area contributed by atoms with Gasteiger partial charge in [-0.05, 0) is 120 Å². The lowest BCUT2D eigenvalue weighted by atomic mass is 9.99. The highest BCUT2D eigenvalue weighted by Crippen LogP contribution is 2.24. The van der Waals surface area contributed by atoms with Gasteiger partial charge in [0.05, 0.1) is 25.5 Å². The highest BCUT2D eigenvalue weighted by molar-refractivity contribution is 7.80. The number of carbonyl (C=O) groups excluding carboxylic acids is 15. The van der Waals surface area contributed by atoms with Gasteiger partial charge in [-0.2, -0.15) is 12.6 Å². The Hall–Kier alpha value is -12.0. The zero-order valence-electron chi connectivity index (χ0n) is 72.0. The van der Waals surface area contributed by atoms with Crippen LogP contribution in [0.5, 0.6) is 0 Å². The molecule has 43 heteroatoms. The highest BCUT2D eigenvalue weighted by atomic mass is 32.1. The molecule has 0 unspecified atom stereocenters. The van der Waals surface area contributed by atoms with Crippen LogP contribution in [0.2, 0.25) is 0 Å². The molecule has 42 nitrogen and oxygen atoms in total. The zero-order chi connectivity index (χ0) is 92.3. The van der Waals surface area contributed by atoms with Crippen molar-refractivity contribution in [1.82, 2.24) is 99.1 Å². The van der Waals surface area contributed by atoms with Crippen LogP contribution in [0, 0.1) is 28.6 Å². The molecule has 15 atom stereocenters. The minimum atomic E-state index is -1.71. The smallest absolute Gasteiger partial charge is 0.326 e. The summed E-state index contributed by atoms with van der Waals surface area (Å²) in [6.07, 6.45) is 4.13. The number of nitrogens with two attached hydrogens (primary N) is 3. The molecule has 0 aliphatic carbocycles. The Balaban J connectivity index is 1.10. The van der Waals surface area contributed by atoms with Crippen molar-refractivity contribution < 1.29 is 86.9 Å². The summed E-state index contributed by atoms with van der Waals surface area (Å²) < 4.78 is 0. The van der Waals surface area contributed by atoms with E-state index in [2.05, 4.69) is 97.0 Å². The third-order valence-electron chi connectivity index (χ3n) is 21.3. The van der Waals surface area contributed by atoms with Crippen LogP contribution >= 0.6 is 12.6 Å². The van der Waals surface area contributed by atoms with Crippen LogP contribution in [0.4, 0.5) is 0 Å². The number of rotatable bonds is 49. The lowest BCUT2D eigenvalue weighted by Crippen LogP contribution is -2.61. The molecule has 0 radical (unpaired) electrons. The largest absolute Gasteiger partial charge is 0.480 e. The van der Waals surface area contributed by atoms with Crippen molar-refractivity contribution >= 4 is 119 Å². The number of carboxylic acid groups (broad SMARTS) is 1. The second kappa shape index (κ2) is 50.7. The number of benzene rings is 2. The lowest BCUT2D eigenvalue weighted by Gasteiger charge is -2.31. The fourth-order valence-electron chi connectivity index (χ4n) is 14.8. The molecule has 3 saturated heterocycles. The SMILES string of the molecule is CC(C)C[C@H](NC(=O)[C@H](Cc1ccccc1)NC(=O)[C@H](Cc1ccccc1)NC(=O)[C@H](C)NC(=O)[C@@H](NC(=O)[C@@H](N)CC(C)C)C(C)C)C(=O)N[C@@H](CO)C(=O)N1CCC[C@H]1C(=O)N[C@@H](CCCNC(=N)N)C(=O)NCC(=O)N[C@@H](Cc1cnc[nH]1)C(=O)N1CCC[C@H]1C(=O)N[C@@H](C)C(=O)N1CCC[C@H]1C(=O)N[C@@H](CS)C(=O)N[C@@H](CCCNC(=N)N)C(=O)O. The molecule has 125 heavy (non-hydrogen) atoms. The summed E-state index contributed by atoms with van der Waals surface area (Å²) >= 11 is 4.20. The van der Waals surface area contributed by atoms with Gasteiger partial charge in [-0.25, -0.2) is 9.78 Å². The van der Waals surface area contributed by atoms with Crippen LogP contribution in [0.25, 0.3) is 0 Å². The van der Waals surface area contributed by atoms with Crippen molar-refractivity contribution in [1.29, 1.82) is 10.8 Å². The number of aliphatic carboxylic acids is 1. The first-order valence-corrected chi connectivity index (χ1v) is 42.9. The topological polar surface area (TPSA) is 646 Å². The highest BCUT2D eigenvalue weighted by Gasteiger charge is 2.44. The molecule has 4 heterocycles. The lowest BCUT2D eigenvalue weighted by molar-refractivity contribution is -0.144. The molecule has 1 aromatic heterocycles. The molecule has 3 aliphatic heterocycles. The van der Waals surface area contributed by atoms with Gasteiger partial charge in [-0.3, -0.25) is 82.7 Å². The van der Waals surface area contributed by atoms with Crippen molar-refractivity contribution in [3.63, 3.8) is 0 Å². The summed E-state index contributed by atoms with van der Waals surface area (Å²) in [5.41, 5.74) is 18.5. The monoisotopic (exact) mass is 1770 g/mol. The summed E-state index contributed by atoms with van der Waals surface area (Å²) in [6.45, 7) is 12.1. The standard InChI is InChI=1S/C82H126N24O18S/c1-44(2)34-52(83)67(110)103-65(46(5)6)76(119)93-47(7)66(109)98-56(36-49-20-11-9-12-21-49)70(113)100-57(37-50-22-13-10-14-23-50)71(114)99-55(35-45(3)4)69(112)101-59(41-107)79(122)106-33-19-28-63(106)74(117)96-53(24-15-29-89-81(84)85)68(111)91-40-64(108)95-58(38-51-39-88-43-92-51)78(121)105-32-18-26-61(105)73(116)94-48(8)77(120)104-31-17-27-62(104)75(118)102-60(42-125)72(115)97-54(80(123)124)25-16-30-90-82(86)87/h9-14,20-23,39,43-48,52-63,65,107,125H,15-19,24-38,40-42,83H2,1-8H3,(H,88,92)(H,91,111)(H,93,119)(H,94,116)(H,95,108)(H,96,117)(H,97,115)(H,98,109)(H,99,114)(H,100,113)(H,101,112)(H,102,118)(H,103,110)(H,123,124)(H4,84,85,89)(H4,86,87,90)/t47-,48-,52-,53-,54-,55-,56-,57-,58-,59-,60-,61-,62-,63-,65-/m0/s1. The Kier molecular flexibility index (Phi) is 41.3. The maximum Gasteiger partial charge on any atom is 0.326 e. The number of nitrogens with one attached hydrogen (secondary N) is 17. The van der Waals surface area contributed by atoms with Gasteiger partial charge in [0.1, 0.15) is 84.6 Å². The van der Waals surface area contributed by atoms with E-state index in [-0.39, 0.29) is 133 Å². The summed E-state index contributed by atoms with van der Waals surface area (Å²) in [5.74, 6) is -14.7. The molecule has 0 spiro atoms. The normalized spacial score (nSPS) is 17.8. The molecule has 15 amide bonds. The number of carbonyl (C=O) groups is 16. The summed E-state index contributed by atoms with van der Waals surface area (Å²) in [5, 5.41) is 72.3. The van der Waals surface area contributed by atoms with E-state index < -0.39 is 210 Å². The maximum atomic E-state index is 14.8. The molecule has 0 bridgehead atoms. The Morgan fingerprint density at radius 3 is 1.40 bits per heavy atom. The van der Waals surface area contributed by atoms with Gasteiger partial charge >= 0.3 is 5.97 Å². The van der Waals surface area contributed by atoms with Crippen molar-refractivity contribution in [2.75, 3.05) is 51.6 Å². The first-order valence-electron chi connectivity index (χ1n) is 42.2. The average Bonchev–Trinajstić information content (AvgIpc) is 1.71. The van der Waals surface area contributed by atoms with Crippen LogP contribution in [0.15, 0.2) is 73.2 Å². The third-order valence-corrected chi connectivity index (χ3v) is 21.7. The average molecular weight is 1770 g/mol. The van der Waals surface area contributed by atoms with E-state index in [9.17, 15) is 86.9 Å². The number of hydrogen-bond acceptors (Lipinski definition) is 22. The Bertz CT molecular complexity index is 4210. The van der Waals surface area contributed by atoms with E-state index >= 15 is 0 Å². The van der Waals surface area contributed by atoms with Gasteiger partial charge in [0.15, 0.2) is 11.9 Å². The number of imidazole rings is 1. The number of carboxylic acids is 1. The molecule has 3 fully saturated rings. The second-order valence-corrected chi connectivity index (χ2v) is 33.1. The van der Waals surface area contributed by atoms with Crippen LogP contribution < -0.4 is 91.6 Å². The van der Waals surface area contributed by atoms with Gasteiger partial charge in [-0.15, -0.1) is 0 Å². The molecule has 6 rings (SSSR count). The number of guanidine groups is 2. The zero-order valence-corrected chi connectivity index (χ0v) is 72.9. The van der Waals surface area contributed by atoms with Crippen molar-refractivity contribution in [2.24, 2.45) is 35.0 Å². The summed E-state index contributed by atoms with van der Waals surface area (Å²) in [7, 11) is 0. The number of aromatic amines is 1. The minimum absolute atomic E-state index is 0.0362. The van der Waals surface area contributed by atoms with Gasteiger partial charge in [0.2, 0.25) is 88.6 Å². The van der Waals surface area contributed by atoms with Crippen molar-refractivity contribution in [3.05, 3.63) is 90.0 Å². The molecular formula is C82H126N24O18S. The molecule has 0 saturated carbocycles. The van der Waals surface area contributed by atoms with Gasteiger partial charge in [0, 0.05) is 69.6 Å². The first kappa shape index (κ1) is 102. The van der Waals surface area contributed by atoms with Crippen LogP contribution in [0.1, 0.15) is 149 Å². The van der Waals surface area contributed by atoms with Crippen LogP contribution in [-0.4, -0.2) is 284 Å². The van der Waals surface area contributed by atoms with E-state index in [1.807, 2.05) is 13.8 Å². The summed E-state index contributed by atoms with van der Waals surface area (Å²) in [6, 6.07) is -2.17. The number of hydrogen-bond donors (Lipinski definition) is 23. The number of thiol groups is 1. The first-order chi connectivity index (χ1) is 59.3. The molecular weight excluding hydrogens is 1640 g/mol. The third kappa shape index (κ3) is 32.6. The minimum Gasteiger partial charge on any atom is -0.480 e.